The maximum atomic E-state index is 14.3. The Bertz CT molecular complexity index is 1250. The van der Waals surface area contributed by atoms with Crippen molar-refractivity contribution >= 4 is 24.5 Å². The van der Waals surface area contributed by atoms with E-state index >= 15 is 0 Å². The number of carbonyl (C=O) groups excluding carboxylic acids is 1. The van der Waals surface area contributed by atoms with Crippen molar-refractivity contribution in [1.82, 2.24) is 5.09 Å². The summed E-state index contributed by atoms with van der Waals surface area (Å²) in [5, 5.41) is 3.15. The van der Waals surface area contributed by atoms with Crippen LogP contribution in [0.25, 0.3) is 10.8 Å². The third-order valence-corrected chi connectivity index (χ3v) is 5.97. The third kappa shape index (κ3) is 5.31. The number of carbonyl (C=O) groups is 1. The van der Waals surface area contributed by atoms with Crippen LogP contribution in [0.4, 0.5) is 22.0 Å². The molecule has 0 bridgehead atoms. The van der Waals surface area contributed by atoms with E-state index in [1.54, 1.807) is 44.2 Å². The summed E-state index contributed by atoms with van der Waals surface area (Å²) in [4.78, 5) is 12.2. The van der Waals surface area contributed by atoms with Gasteiger partial charge in [0.1, 0.15) is 11.8 Å². The summed E-state index contributed by atoms with van der Waals surface area (Å²) in [6, 6.07) is 9.71. The molecule has 0 aliphatic carbocycles. The Kier molecular flexibility index (Phi) is 7.48. The van der Waals surface area contributed by atoms with E-state index < -0.39 is 60.7 Å². The summed E-state index contributed by atoms with van der Waals surface area (Å²) in [5.41, 5.74) is 0. The summed E-state index contributed by atoms with van der Waals surface area (Å²) in [5.74, 6) is -14.6. The fourth-order valence-electron chi connectivity index (χ4n) is 2.89. The van der Waals surface area contributed by atoms with Gasteiger partial charge < -0.3 is 13.8 Å². The zero-order valence-electron chi connectivity index (χ0n) is 18.1. The van der Waals surface area contributed by atoms with Crippen LogP contribution in [0, 0.1) is 29.1 Å². The molecule has 3 rings (SSSR count). The van der Waals surface area contributed by atoms with E-state index in [-0.39, 0.29) is 5.75 Å². The number of benzene rings is 3. The predicted octanol–water partition coefficient (Wildman–Crippen LogP) is 6.03. The molecule has 182 valence electrons. The number of rotatable bonds is 8. The Morgan fingerprint density at radius 2 is 1.38 bits per heavy atom. The third-order valence-electron chi connectivity index (χ3n) is 4.41. The van der Waals surface area contributed by atoms with E-state index in [2.05, 4.69) is 5.09 Å². The number of hydrogen-bond donors (Lipinski definition) is 1. The molecule has 0 fully saturated rings. The Balaban J connectivity index is 2.07. The lowest BCUT2D eigenvalue weighted by atomic mass is 10.1. The molecule has 1 N–H and O–H groups in total. The topological polar surface area (TPSA) is 73.9 Å². The van der Waals surface area contributed by atoms with Crippen LogP contribution in [-0.4, -0.2) is 18.1 Å². The molecule has 0 heterocycles. The second-order valence-corrected chi connectivity index (χ2v) is 9.01. The van der Waals surface area contributed by atoms with E-state index in [0.717, 1.165) is 0 Å². The first-order chi connectivity index (χ1) is 15.9. The molecular weight excluding hydrogens is 484 g/mol. The van der Waals surface area contributed by atoms with Crippen LogP contribution < -0.4 is 14.1 Å². The number of ether oxygens (including phenoxy) is 1. The molecule has 6 nitrogen and oxygen atoms in total. The minimum absolute atomic E-state index is 0.109. The largest absolute Gasteiger partial charge is 0.513 e. The van der Waals surface area contributed by atoms with Gasteiger partial charge >= 0.3 is 13.7 Å². The van der Waals surface area contributed by atoms with Crippen LogP contribution in [-0.2, 0) is 14.1 Å². The Hall–Kier alpha value is -3.17. The minimum atomic E-state index is -5.02. The SMILES string of the molecule is CC(C)OC(=O)C(C)N[P@](=O)(Oc1c(F)c(F)c(F)c(F)c1F)Oc1cccc2ccccc12. The minimum Gasteiger partial charge on any atom is -0.462 e. The highest BCUT2D eigenvalue weighted by molar-refractivity contribution is 7.52. The van der Waals surface area contributed by atoms with E-state index in [1.807, 2.05) is 0 Å². The maximum Gasteiger partial charge on any atom is 0.513 e. The van der Waals surface area contributed by atoms with Gasteiger partial charge in [-0.15, -0.1) is 0 Å². The molecule has 2 atom stereocenters. The van der Waals surface area contributed by atoms with Gasteiger partial charge in [0.05, 0.1) is 6.10 Å². The van der Waals surface area contributed by atoms with Gasteiger partial charge in [-0.05, 0) is 32.2 Å². The maximum absolute atomic E-state index is 14.3. The number of esters is 1. The van der Waals surface area contributed by atoms with Crippen molar-refractivity contribution in [3.05, 3.63) is 71.6 Å². The van der Waals surface area contributed by atoms with E-state index in [0.29, 0.717) is 10.8 Å². The highest BCUT2D eigenvalue weighted by Gasteiger charge is 2.38. The smallest absolute Gasteiger partial charge is 0.462 e. The highest BCUT2D eigenvalue weighted by atomic mass is 31.2. The van der Waals surface area contributed by atoms with E-state index in [4.69, 9.17) is 13.8 Å². The van der Waals surface area contributed by atoms with Crippen molar-refractivity contribution in [3.63, 3.8) is 0 Å². The van der Waals surface area contributed by atoms with E-state index in [9.17, 15) is 31.3 Å². The molecule has 0 aliphatic heterocycles. The highest BCUT2D eigenvalue weighted by Crippen LogP contribution is 2.49. The van der Waals surface area contributed by atoms with Crippen molar-refractivity contribution in [2.24, 2.45) is 0 Å². The first-order valence-corrected chi connectivity index (χ1v) is 11.4. The number of hydrogen-bond acceptors (Lipinski definition) is 5. The van der Waals surface area contributed by atoms with Gasteiger partial charge in [-0.2, -0.15) is 13.9 Å². The average Bonchev–Trinajstić information content (AvgIpc) is 2.79. The number of fused-ring (bicyclic) bond motifs is 1. The van der Waals surface area contributed by atoms with Gasteiger partial charge in [0.25, 0.3) is 0 Å². The molecule has 34 heavy (non-hydrogen) atoms. The van der Waals surface area contributed by atoms with Crippen molar-refractivity contribution in [1.29, 1.82) is 0 Å². The Morgan fingerprint density at radius 1 is 0.824 bits per heavy atom. The van der Waals surface area contributed by atoms with Gasteiger partial charge in [0, 0.05) is 5.39 Å². The lowest BCUT2D eigenvalue weighted by molar-refractivity contribution is -0.149. The predicted molar refractivity (Wildman–Crippen MR) is 113 cm³/mol. The molecule has 1 unspecified atom stereocenters. The first-order valence-electron chi connectivity index (χ1n) is 9.90. The molecule has 3 aromatic rings. The van der Waals surface area contributed by atoms with Crippen LogP contribution in [0.15, 0.2) is 42.5 Å². The molecular formula is C22H19F5NO5P. The molecule has 0 saturated heterocycles. The van der Waals surface area contributed by atoms with Crippen LogP contribution in [0.2, 0.25) is 0 Å². The zero-order valence-corrected chi connectivity index (χ0v) is 19.0. The lowest BCUT2D eigenvalue weighted by Gasteiger charge is -2.24. The zero-order chi connectivity index (χ0) is 25.2. The van der Waals surface area contributed by atoms with Gasteiger partial charge in [-0.25, -0.2) is 17.7 Å². The number of nitrogens with one attached hydrogen (secondary N) is 1. The van der Waals surface area contributed by atoms with Gasteiger partial charge in [-0.3, -0.25) is 4.79 Å². The van der Waals surface area contributed by atoms with Crippen LogP contribution in [0.3, 0.4) is 0 Å². The summed E-state index contributed by atoms with van der Waals surface area (Å²) in [6.07, 6.45) is -0.564. The Morgan fingerprint density at radius 3 is 2.00 bits per heavy atom. The summed E-state index contributed by atoms with van der Waals surface area (Å²) in [6.45, 7) is 4.27. The standard InChI is InChI=1S/C22H19F5NO5P/c1-11(2)31-22(29)12(3)28-34(30,32-15-10-6-8-13-7-4-5-9-14(13)15)33-21-19(26)17(24)16(23)18(25)20(21)27/h4-12H,1-3H3,(H,28,30)/t12?,34-/m1/s1. The molecule has 0 saturated carbocycles. The summed E-state index contributed by atoms with van der Waals surface area (Å²) >= 11 is 0. The van der Waals surface area contributed by atoms with Crippen molar-refractivity contribution in [2.45, 2.75) is 32.9 Å². The lowest BCUT2D eigenvalue weighted by Crippen LogP contribution is -2.37. The fraction of sp³-hybridized carbons (Fsp3) is 0.227. The second-order valence-electron chi connectivity index (χ2n) is 7.39. The van der Waals surface area contributed by atoms with Crippen molar-refractivity contribution in [2.75, 3.05) is 0 Å². The normalized spacial score (nSPS) is 14.0. The quantitative estimate of drug-likeness (QED) is 0.133. The molecule has 0 spiro atoms. The van der Waals surface area contributed by atoms with Crippen LogP contribution in [0.1, 0.15) is 20.8 Å². The van der Waals surface area contributed by atoms with Gasteiger partial charge in [-0.1, -0.05) is 36.4 Å². The Labute approximate surface area is 191 Å². The fourth-order valence-corrected chi connectivity index (χ4v) is 4.43. The van der Waals surface area contributed by atoms with Crippen molar-refractivity contribution < 1.29 is 45.1 Å². The molecule has 0 aliphatic rings. The molecule has 12 heteroatoms. The molecule has 0 aromatic heterocycles. The second kappa shape index (κ2) is 9.99. The monoisotopic (exact) mass is 503 g/mol. The molecule has 0 amide bonds. The number of halogens is 5. The van der Waals surface area contributed by atoms with Gasteiger partial charge in [0.2, 0.25) is 34.8 Å². The van der Waals surface area contributed by atoms with Gasteiger partial charge in [0.15, 0.2) is 0 Å². The van der Waals surface area contributed by atoms with Crippen LogP contribution in [0.5, 0.6) is 11.5 Å². The van der Waals surface area contributed by atoms with E-state index in [1.165, 1.54) is 19.1 Å². The first kappa shape index (κ1) is 25.5. The average molecular weight is 503 g/mol. The van der Waals surface area contributed by atoms with Crippen LogP contribution >= 0.6 is 7.75 Å². The molecule has 3 aromatic carbocycles. The van der Waals surface area contributed by atoms with Crippen molar-refractivity contribution in [3.8, 4) is 11.5 Å². The molecule has 0 radical (unpaired) electrons. The summed E-state index contributed by atoms with van der Waals surface area (Å²) in [7, 11) is -5.02. The summed E-state index contributed by atoms with van der Waals surface area (Å²) < 4.78 is 98.0.